The van der Waals surface area contributed by atoms with E-state index in [1.165, 1.54) is 28.0 Å². The van der Waals surface area contributed by atoms with Crippen molar-refractivity contribution in [2.24, 2.45) is 5.92 Å². The topological polar surface area (TPSA) is 79.0 Å². The average Bonchev–Trinajstić information content (AvgIpc) is 2.89. The van der Waals surface area contributed by atoms with Crippen molar-refractivity contribution in [2.75, 3.05) is 25.5 Å². The van der Waals surface area contributed by atoms with Crippen LogP contribution in [0.2, 0.25) is 5.02 Å². The highest BCUT2D eigenvalue weighted by molar-refractivity contribution is 9.10. The van der Waals surface area contributed by atoms with Gasteiger partial charge in [-0.1, -0.05) is 45.7 Å². The first-order valence-corrected chi connectivity index (χ1v) is 13.2. The number of nitrogens with one attached hydrogen (secondary N) is 1. The van der Waals surface area contributed by atoms with E-state index in [0.717, 1.165) is 4.47 Å². The van der Waals surface area contributed by atoms with Crippen molar-refractivity contribution in [3.05, 3.63) is 87.6 Å². The number of rotatable bonds is 6. The molecule has 3 amide bonds. The number of carbonyl (C=O) groups excluding carboxylic acids is 3. The summed E-state index contributed by atoms with van der Waals surface area (Å²) in [5.74, 6) is -1.19. The Bertz CT molecular complexity index is 1350. The molecule has 0 unspecified atom stereocenters. The Balaban J connectivity index is 1.34. The summed E-state index contributed by atoms with van der Waals surface area (Å²) >= 11 is 9.50. The number of hydrogen-bond donors (Lipinski definition) is 1. The molecule has 7 nitrogen and oxygen atoms in total. The molecule has 1 aliphatic rings. The predicted octanol–water partition coefficient (Wildman–Crippen LogP) is 5.87. The van der Waals surface area contributed by atoms with E-state index in [1.807, 2.05) is 12.1 Å². The average molecular weight is 603 g/mol. The first-order valence-electron chi connectivity index (χ1n) is 12.0. The van der Waals surface area contributed by atoms with E-state index in [0.29, 0.717) is 40.6 Å². The van der Waals surface area contributed by atoms with Crippen LogP contribution in [0, 0.1) is 11.7 Å². The van der Waals surface area contributed by atoms with Gasteiger partial charge >= 0.3 is 11.8 Å². The number of hydrogen-bond acceptors (Lipinski definition) is 4. The van der Waals surface area contributed by atoms with Crippen molar-refractivity contribution in [3.63, 3.8) is 0 Å². The first kappa shape index (κ1) is 27.6. The minimum Gasteiger partial charge on any atom is -0.457 e. The highest BCUT2D eigenvalue weighted by Crippen LogP contribution is 2.31. The van der Waals surface area contributed by atoms with Crippen LogP contribution in [0.3, 0.4) is 0 Å². The summed E-state index contributed by atoms with van der Waals surface area (Å²) in [5, 5.41) is 3.25. The van der Waals surface area contributed by atoms with Crippen LogP contribution < -0.4 is 10.1 Å². The maximum Gasteiger partial charge on any atom is 0.312 e. The lowest BCUT2D eigenvalue weighted by Crippen LogP contribution is -2.48. The molecule has 0 radical (unpaired) electrons. The number of amides is 3. The van der Waals surface area contributed by atoms with Gasteiger partial charge in [-0.3, -0.25) is 14.4 Å². The Kier molecular flexibility index (Phi) is 9.01. The number of halogens is 3. The normalized spacial score (nSPS) is 13.6. The monoisotopic (exact) mass is 601 g/mol. The summed E-state index contributed by atoms with van der Waals surface area (Å²) in [6, 6.07) is 18.1. The summed E-state index contributed by atoms with van der Waals surface area (Å²) in [7, 11) is 1.56. The Morgan fingerprint density at radius 2 is 1.82 bits per heavy atom. The summed E-state index contributed by atoms with van der Waals surface area (Å²) in [4.78, 5) is 41.3. The van der Waals surface area contributed by atoms with Crippen LogP contribution in [0.15, 0.2) is 71.2 Å². The van der Waals surface area contributed by atoms with Gasteiger partial charge in [0.25, 0.3) is 0 Å². The molecule has 0 aromatic heterocycles. The molecule has 0 spiro atoms. The molecule has 0 saturated carbocycles. The summed E-state index contributed by atoms with van der Waals surface area (Å²) in [6.07, 6.45) is 0.822. The second-order valence-electron chi connectivity index (χ2n) is 9.04. The molecule has 3 aromatic rings. The third-order valence-corrected chi connectivity index (χ3v) is 6.96. The highest BCUT2D eigenvalue weighted by Gasteiger charge is 2.31. The molecule has 1 aliphatic heterocycles. The van der Waals surface area contributed by atoms with Crippen LogP contribution in [-0.4, -0.2) is 47.7 Å². The fourth-order valence-electron chi connectivity index (χ4n) is 4.19. The van der Waals surface area contributed by atoms with Crippen LogP contribution in [0.4, 0.5) is 10.1 Å². The second-order valence-corrected chi connectivity index (χ2v) is 10.4. The summed E-state index contributed by atoms with van der Waals surface area (Å²) in [6.45, 7) is 0.711. The standard InChI is InChI=1S/C28H26BrClFN3O4/c1-33(17-19-8-9-20(29)14-25(19)38-24-7-2-4-21(30)15-24)27(36)28(37)34-12-10-18(11-13-34)26(35)32-23-6-3-5-22(31)16-23/h2-9,14-16,18H,10-13,17H2,1H3,(H,32,35). The van der Waals surface area contributed by atoms with E-state index in [1.54, 1.807) is 43.4 Å². The van der Waals surface area contributed by atoms with E-state index in [9.17, 15) is 18.8 Å². The number of piperidine rings is 1. The number of likely N-dealkylation sites (tertiary alicyclic amines) is 1. The molecular formula is C28H26BrClFN3O4. The first-order chi connectivity index (χ1) is 18.2. The molecular weight excluding hydrogens is 577 g/mol. The lowest BCUT2D eigenvalue weighted by atomic mass is 9.95. The van der Waals surface area contributed by atoms with Crippen LogP contribution in [0.1, 0.15) is 18.4 Å². The van der Waals surface area contributed by atoms with Crippen molar-refractivity contribution in [2.45, 2.75) is 19.4 Å². The molecule has 0 aliphatic carbocycles. The number of likely N-dealkylation sites (N-methyl/N-ethyl adjacent to an activating group) is 1. The fraction of sp³-hybridized carbons (Fsp3) is 0.250. The Labute approximate surface area is 233 Å². The van der Waals surface area contributed by atoms with Gasteiger partial charge in [0.05, 0.1) is 0 Å². The van der Waals surface area contributed by atoms with Crippen molar-refractivity contribution in [3.8, 4) is 11.5 Å². The largest absolute Gasteiger partial charge is 0.457 e. The molecule has 1 heterocycles. The Hall–Kier alpha value is -3.43. The number of anilines is 1. The quantitative estimate of drug-likeness (QED) is 0.358. The molecule has 0 bridgehead atoms. The maximum absolute atomic E-state index is 13.4. The van der Waals surface area contributed by atoms with Crippen molar-refractivity contribution < 1.29 is 23.5 Å². The third-order valence-electron chi connectivity index (χ3n) is 6.24. The zero-order valence-corrected chi connectivity index (χ0v) is 23.0. The number of carbonyl (C=O) groups is 3. The van der Waals surface area contributed by atoms with Gasteiger partial charge in [-0.05, 0) is 61.4 Å². The van der Waals surface area contributed by atoms with Gasteiger partial charge in [-0.2, -0.15) is 0 Å². The molecule has 3 aromatic carbocycles. The summed E-state index contributed by atoms with van der Waals surface area (Å²) in [5.41, 5.74) is 1.10. The van der Waals surface area contributed by atoms with Gasteiger partial charge in [0.2, 0.25) is 5.91 Å². The van der Waals surface area contributed by atoms with E-state index in [-0.39, 0.29) is 31.5 Å². The van der Waals surface area contributed by atoms with Gasteiger partial charge in [0, 0.05) is 53.3 Å². The molecule has 0 atom stereocenters. The molecule has 4 rings (SSSR count). The third kappa shape index (κ3) is 7.11. The Morgan fingerprint density at radius 3 is 2.53 bits per heavy atom. The predicted molar refractivity (Wildman–Crippen MR) is 146 cm³/mol. The molecule has 198 valence electrons. The van der Waals surface area contributed by atoms with E-state index >= 15 is 0 Å². The zero-order chi connectivity index (χ0) is 27.2. The second kappa shape index (κ2) is 12.4. The molecule has 1 fully saturated rings. The van der Waals surface area contributed by atoms with E-state index < -0.39 is 17.6 Å². The smallest absolute Gasteiger partial charge is 0.312 e. The van der Waals surface area contributed by atoms with Crippen LogP contribution in [0.5, 0.6) is 11.5 Å². The molecule has 10 heteroatoms. The highest BCUT2D eigenvalue weighted by atomic mass is 79.9. The van der Waals surface area contributed by atoms with Crippen molar-refractivity contribution in [1.29, 1.82) is 0 Å². The summed E-state index contributed by atoms with van der Waals surface area (Å²) < 4.78 is 20.2. The molecule has 1 saturated heterocycles. The van der Waals surface area contributed by atoms with Crippen LogP contribution >= 0.6 is 27.5 Å². The number of benzene rings is 3. The fourth-order valence-corrected chi connectivity index (χ4v) is 4.71. The zero-order valence-electron chi connectivity index (χ0n) is 20.6. The number of nitrogens with zero attached hydrogens (tertiary/aromatic N) is 2. The number of ether oxygens (including phenoxy) is 1. The van der Waals surface area contributed by atoms with E-state index in [4.69, 9.17) is 16.3 Å². The molecule has 1 N–H and O–H groups in total. The van der Waals surface area contributed by atoms with Crippen molar-refractivity contribution in [1.82, 2.24) is 9.80 Å². The van der Waals surface area contributed by atoms with Crippen LogP contribution in [0.25, 0.3) is 0 Å². The minimum absolute atomic E-state index is 0.153. The lowest BCUT2D eigenvalue weighted by molar-refractivity contribution is -0.152. The maximum atomic E-state index is 13.4. The SMILES string of the molecule is CN(Cc1ccc(Br)cc1Oc1cccc(Cl)c1)C(=O)C(=O)N1CCC(C(=O)Nc2cccc(F)c2)CC1. The van der Waals surface area contributed by atoms with Crippen LogP contribution in [-0.2, 0) is 20.9 Å². The van der Waals surface area contributed by atoms with Gasteiger partial charge in [-0.15, -0.1) is 0 Å². The van der Waals surface area contributed by atoms with Gasteiger partial charge in [0.15, 0.2) is 0 Å². The Morgan fingerprint density at radius 1 is 1.08 bits per heavy atom. The lowest BCUT2D eigenvalue weighted by Gasteiger charge is -2.32. The van der Waals surface area contributed by atoms with Gasteiger partial charge < -0.3 is 19.9 Å². The van der Waals surface area contributed by atoms with Gasteiger partial charge in [-0.25, -0.2) is 4.39 Å². The minimum atomic E-state index is -0.649. The molecule has 38 heavy (non-hydrogen) atoms. The van der Waals surface area contributed by atoms with Crippen molar-refractivity contribution >= 4 is 50.9 Å². The van der Waals surface area contributed by atoms with E-state index in [2.05, 4.69) is 21.2 Å². The van der Waals surface area contributed by atoms with Gasteiger partial charge in [0.1, 0.15) is 17.3 Å².